The van der Waals surface area contributed by atoms with E-state index in [1.807, 2.05) is 6.07 Å². The lowest BCUT2D eigenvalue weighted by Gasteiger charge is -2.32. The molecule has 24 heavy (non-hydrogen) atoms. The van der Waals surface area contributed by atoms with Crippen LogP contribution in [0.3, 0.4) is 0 Å². The molecule has 1 N–H and O–H groups in total. The molecule has 2 amide bonds. The Morgan fingerprint density at radius 1 is 1.25 bits per heavy atom. The molecule has 5 nitrogen and oxygen atoms in total. The average molecular weight is 366 g/mol. The Bertz CT molecular complexity index is 718. The summed E-state index contributed by atoms with van der Waals surface area (Å²) in [7, 11) is 0. The lowest BCUT2D eigenvalue weighted by molar-refractivity contribution is 0.115. The number of likely N-dealkylation sites (tertiary alicyclic amines) is 1. The van der Waals surface area contributed by atoms with Crippen LogP contribution in [0.2, 0.25) is 10.0 Å². The summed E-state index contributed by atoms with van der Waals surface area (Å²) >= 11 is 12.0. The molecule has 126 valence electrons. The summed E-state index contributed by atoms with van der Waals surface area (Å²) in [5, 5.41) is 3.95. The Balaban J connectivity index is 1.51. The van der Waals surface area contributed by atoms with Gasteiger partial charge in [-0.15, -0.1) is 0 Å². The summed E-state index contributed by atoms with van der Waals surface area (Å²) in [4.78, 5) is 18.0. The van der Waals surface area contributed by atoms with Crippen LogP contribution >= 0.6 is 23.2 Å². The summed E-state index contributed by atoms with van der Waals surface area (Å²) in [6.07, 6.45) is 4.75. The Morgan fingerprint density at radius 3 is 2.75 bits per heavy atom. The second-order valence-corrected chi connectivity index (χ2v) is 6.39. The van der Waals surface area contributed by atoms with E-state index in [9.17, 15) is 4.79 Å². The molecule has 0 saturated carbocycles. The fourth-order valence-electron chi connectivity index (χ4n) is 2.58. The van der Waals surface area contributed by atoms with Crippen LogP contribution in [-0.4, -0.2) is 35.1 Å². The quantitative estimate of drug-likeness (QED) is 0.873. The van der Waals surface area contributed by atoms with Crippen molar-refractivity contribution in [2.24, 2.45) is 0 Å². The number of nitrogens with zero attached hydrogens (tertiary/aromatic N) is 2. The number of piperidine rings is 1. The lowest BCUT2D eigenvalue weighted by atomic mass is 10.1. The average Bonchev–Trinajstić information content (AvgIpc) is 2.57. The molecule has 2 heterocycles. The fourth-order valence-corrected chi connectivity index (χ4v) is 2.94. The van der Waals surface area contributed by atoms with Gasteiger partial charge in [-0.25, -0.2) is 4.79 Å². The van der Waals surface area contributed by atoms with Crippen LogP contribution in [0.5, 0.6) is 5.75 Å². The van der Waals surface area contributed by atoms with Crippen LogP contribution in [0.15, 0.2) is 42.7 Å². The van der Waals surface area contributed by atoms with Crippen molar-refractivity contribution in [3.8, 4) is 5.75 Å². The lowest BCUT2D eigenvalue weighted by Crippen LogP contribution is -2.43. The van der Waals surface area contributed by atoms with E-state index in [1.165, 1.54) is 0 Å². The molecule has 0 radical (unpaired) electrons. The molecular weight excluding hydrogens is 349 g/mol. The van der Waals surface area contributed by atoms with Crippen LogP contribution in [0.4, 0.5) is 10.5 Å². The number of carbonyl (C=O) groups excluding carboxylic acids is 1. The zero-order valence-corrected chi connectivity index (χ0v) is 14.4. The first-order valence-electron chi connectivity index (χ1n) is 7.69. The number of rotatable bonds is 3. The number of ether oxygens (including phenoxy) is 1. The number of amides is 2. The molecule has 7 heteroatoms. The molecule has 2 aromatic rings. The third-order valence-electron chi connectivity index (χ3n) is 3.83. The van der Waals surface area contributed by atoms with Crippen molar-refractivity contribution < 1.29 is 9.53 Å². The van der Waals surface area contributed by atoms with Gasteiger partial charge in [-0.2, -0.15) is 0 Å². The topological polar surface area (TPSA) is 54.5 Å². The zero-order valence-electron chi connectivity index (χ0n) is 12.9. The van der Waals surface area contributed by atoms with Crippen molar-refractivity contribution in [3.63, 3.8) is 0 Å². The molecule has 3 rings (SSSR count). The van der Waals surface area contributed by atoms with Crippen LogP contribution < -0.4 is 10.1 Å². The molecule has 1 fully saturated rings. The number of pyridine rings is 1. The Hall–Kier alpha value is -1.98. The standard InChI is InChI=1S/C17H17Cl2N3O2/c18-12-2-1-3-13(10-12)21-17(23)22-8-5-14(6-9-22)24-16-4-7-20-11-15(16)19/h1-4,7,10-11,14H,5-6,8-9H2,(H,21,23). The Labute approximate surface area is 150 Å². The summed E-state index contributed by atoms with van der Waals surface area (Å²) in [5.41, 5.74) is 0.689. The summed E-state index contributed by atoms with van der Waals surface area (Å²) in [6, 6.07) is 8.73. The van der Waals surface area contributed by atoms with Crippen molar-refractivity contribution in [3.05, 3.63) is 52.8 Å². The number of urea groups is 1. The number of anilines is 1. The van der Waals surface area contributed by atoms with E-state index in [1.54, 1.807) is 41.6 Å². The third-order valence-corrected chi connectivity index (χ3v) is 4.35. The number of halogens is 2. The number of aromatic nitrogens is 1. The molecule has 0 aliphatic carbocycles. The minimum atomic E-state index is -0.127. The molecule has 0 atom stereocenters. The largest absolute Gasteiger partial charge is 0.489 e. The van der Waals surface area contributed by atoms with Crippen molar-refractivity contribution in [2.45, 2.75) is 18.9 Å². The minimum Gasteiger partial charge on any atom is -0.489 e. The Kier molecular flexibility index (Phi) is 5.43. The van der Waals surface area contributed by atoms with Gasteiger partial charge in [-0.1, -0.05) is 29.3 Å². The first-order valence-corrected chi connectivity index (χ1v) is 8.45. The first kappa shape index (κ1) is 16.9. The monoisotopic (exact) mass is 365 g/mol. The van der Waals surface area contributed by atoms with Gasteiger partial charge in [-0.3, -0.25) is 4.98 Å². The van der Waals surface area contributed by atoms with Crippen molar-refractivity contribution in [1.29, 1.82) is 0 Å². The first-order chi connectivity index (χ1) is 11.6. The zero-order chi connectivity index (χ0) is 16.9. The maximum Gasteiger partial charge on any atom is 0.321 e. The Morgan fingerprint density at radius 2 is 2.04 bits per heavy atom. The number of carbonyl (C=O) groups is 1. The van der Waals surface area contributed by atoms with Gasteiger partial charge in [-0.05, 0) is 18.2 Å². The number of hydrogen-bond acceptors (Lipinski definition) is 3. The predicted octanol–water partition coefficient (Wildman–Crippen LogP) is 4.46. The van der Waals surface area contributed by atoms with Gasteiger partial charge in [0.2, 0.25) is 0 Å². The second-order valence-electron chi connectivity index (χ2n) is 5.55. The highest BCUT2D eigenvalue weighted by Crippen LogP contribution is 2.26. The van der Waals surface area contributed by atoms with Crippen LogP contribution in [0.25, 0.3) is 0 Å². The van der Waals surface area contributed by atoms with Crippen LogP contribution in [0, 0.1) is 0 Å². The summed E-state index contributed by atoms with van der Waals surface area (Å²) in [6.45, 7) is 1.25. The molecular formula is C17H17Cl2N3O2. The fraction of sp³-hybridized carbons (Fsp3) is 0.294. The summed E-state index contributed by atoms with van der Waals surface area (Å²) in [5.74, 6) is 0.633. The molecule has 0 spiro atoms. The number of benzene rings is 1. The van der Waals surface area contributed by atoms with E-state index in [4.69, 9.17) is 27.9 Å². The minimum absolute atomic E-state index is 0.0418. The maximum atomic E-state index is 12.3. The number of nitrogens with one attached hydrogen (secondary N) is 1. The van der Waals surface area contributed by atoms with Crippen molar-refractivity contribution in [1.82, 2.24) is 9.88 Å². The highest BCUT2D eigenvalue weighted by molar-refractivity contribution is 6.31. The molecule has 0 bridgehead atoms. The SMILES string of the molecule is O=C(Nc1cccc(Cl)c1)N1CCC(Oc2ccncc2Cl)CC1. The maximum absolute atomic E-state index is 12.3. The van der Waals surface area contributed by atoms with E-state index in [0.717, 1.165) is 12.8 Å². The molecule has 1 aromatic heterocycles. The van der Waals surface area contributed by atoms with Crippen molar-refractivity contribution in [2.75, 3.05) is 18.4 Å². The van der Waals surface area contributed by atoms with E-state index in [2.05, 4.69) is 10.3 Å². The van der Waals surface area contributed by atoms with Crippen LogP contribution in [0.1, 0.15) is 12.8 Å². The van der Waals surface area contributed by atoms with E-state index in [-0.39, 0.29) is 12.1 Å². The van der Waals surface area contributed by atoms with E-state index in [0.29, 0.717) is 34.6 Å². The van der Waals surface area contributed by atoms with Gasteiger partial charge in [0.05, 0.1) is 0 Å². The highest BCUT2D eigenvalue weighted by Gasteiger charge is 2.24. The normalized spacial score (nSPS) is 15.2. The van der Waals surface area contributed by atoms with Gasteiger partial charge in [0.15, 0.2) is 0 Å². The van der Waals surface area contributed by atoms with Gasteiger partial charge >= 0.3 is 6.03 Å². The molecule has 1 aromatic carbocycles. The van der Waals surface area contributed by atoms with Crippen LogP contribution in [-0.2, 0) is 0 Å². The van der Waals surface area contributed by atoms with Gasteiger partial charge in [0.25, 0.3) is 0 Å². The van der Waals surface area contributed by atoms with E-state index < -0.39 is 0 Å². The number of hydrogen-bond donors (Lipinski definition) is 1. The van der Waals surface area contributed by atoms with E-state index >= 15 is 0 Å². The van der Waals surface area contributed by atoms with Gasteiger partial charge in [0.1, 0.15) is 16.9 Å². The third kappa shape index (κ3) is 4.30. The second kappa shape index (κ2) is 7.73. The smallest absolute Gasteiger partial charge is 0.321 e. The molecule has 1 aliphatic heterocycles. The summed E-state index contributed by atoms with van der Waals surface area (Å²) < 4.78 is 5.90. The molecule has 1 aliphatic rings. The highest BCUT2D eigenvalue weighted by atomic mass is 35.5. The predicted molar refractivity (Wildman–Crippen MR) is 94.9 cm³/mol. The van der Waals surface area contributed by atoms with Crippen molar-refractivity contribution >= 4 is 34.9 Å². The molecule has 0 unspecified atom stereocenters. The molecule has 1 saturated heterocycles. The van der Waals surface area contributed by atoms with Gasteiger partial charge < -0.3 is 15.0 Å². The van der Waals surface area contributed by atoms with Gasteiger partial charge in [0, 0.05) is 55.1 Å².